The molecule has 0 bridgehead atoms. The van der Waals surface area contributed by atoms with E-state index >= 15 is 0 Å². The van der Waals surface area contributed by atoms with Crippen LogP contribution in [0.3, 0.4) is 0 Å². The lowest BCUT2D eigenvalue weighted by molar-refractivity contribution is 0.384. The van der Waals surface area contributed by atoms with Crippen molar-refractivity contribution in [1.29, 1.82) is 0 Å². The van der Waals surface area contributed by atoms with E-state index in [1.165, 1.54) is 6.20 Å². The fourth-order valence-electron chi connectivity index (χ4n) is 2.70. The lowest BCUT2D eigenvalue weighted by atomic mass is 10.2. The Kier molecular flexibility index (Phi) is 3.92. The van der Waals surface area contributed by atoms with Gasteiger partial charge in [0.2, 0.25) is 10.0 Å². The van der Waals surface area contributed by atoms with Gasteiger partial charge in [0.15, 0.2) is 0 Å². The first-order valence-electron chi connectivity index (χ1n) is 7.29. The van der Waals surface area contributed by atoms with Crippen molar-refractivity contribution in [3.8, 4) is 0 Å². The molecule has 2 aromatic rings. The first kappa shape index (κ1) is 15.1. The van der Waals surface area contributed by atoms with E-state index in [1.807, 2.05) is 18.2 Å². The molecule has 2 heterocycles. The van der Waals surface area contributed by atoms with Crippen molar-refractivity contribution in [3.63, 3.8) is 0 Å². The number of sulfonamides is 1. The topological polar surface area (TPSA) is 58.4 Å². The van der Waals surface area contributed by atoms with Crippen LogP contribution in [0.15, 0.2) is 41.4 Å². The van der Waals surface area contributed by atoms with Crippen molar-refractivity contribution < 1.29 is 8.42 Å². The smallest absolute Gasteiger partial charge is 0.246 e. The standard InChI is InChI=1S/C15H20N4O2S/c1-13-15(12-16-17(13)2)22(20,21)19-10-8-18(9-11-19)14-6-4-3-5-7-14/h3-7,12H,8-11H2,1-2H3. The lowest BCUT2D eigenvalue weighted by Crippen LogP contribution is -2.48. The largest absolute Gasteiger partial charge is 0.369 e. The van der Waals surface area contributed by atoms with Crippen molar-refractivity contribution in [2.45, 2.75) is 11.8 Å². The average molecular weight is 320 g/mol. The molecule has 7 heteroatoms. The van der Waals surface area contributed by atoms with E-state index in [0.29, 0.717) is 36.8 Å². The molecule has 0 saturated carbocycles. The summed E-state index contributed by atoms with van der Waals surface area (Å²) in [6.45, 7) is 4.16. The molecule has 22 heavy (non-hydrogen) atoms. The minimum Gasteiger partial charge on any atom is -0.369 e. The van der Waals surface area contributed by atoms with Gasteiger partial charge in [-0.25, -0.2) is 8.42 Å². The van der Waals surface area contributed by atoms with E-state index in [2.05, 4.69) is 22.1 Å². The molecular formula is C15H20N4O2S. The van der Waals surface area contributed by atoms with Crippen molar-refractivity contribution in [3.05, 3.63) is 42.2 Å². The number of hydrogen-bond donors (Lipinski definition) is 0. The molecule has 3 rings (SSSR count). The molecule has 1 aromatic carbocycles. The van der Waals surface area contributed by atoms with Gasteiger partial charge in [0.25, 0.3) is 0 Å². The summed E-state index contributed by atoms with van der Waals surface area (Å²) in [7, 11) is -1.70. The molecule has 1 aliphatic heterocycles. The van der Waals surface area contributed by atoms with Gasteiger partial charge in [-0.3, -0.25) is 4.68 Å². The molecule has 0 aliphatic carbocycles. The molecule has 1 aliphatic rings. The van der Waals surface area contributed by atoms with Crippen molar-refractivity contribution in [2.75, 3.05) is 31.1 Å². The molecule has 0 N–H and O–H groups in total. The van der Waals surface area contributed by atoms with Crippen LogP contribution in [0.5, 0.6) is 0 Å². The second-order valence-corrected chi connectivity index (χ2v) is 7.35. The number of piperazine rings is 1. The zero-order chi connectivity index (χ0) is 15.7. The van der Waals surface area contributed by atoms with Gasteiger partial charge in [-0.1, -0.05) is 18.2 Å². The number of aryl methyl sites for hydroxylation is 1. The van der Waals surface area contributed by atoms with Crippen LogP contribution in [0.25, 0.3) is 0 Å². The van der Waals surface area contributed by atoms with E-state index in [0.717, 1.165) is 5.69 Å². The molecule has 0 atom stereocenters. The maximum absolute atomic E-state index is 12.7. The van der Waals surface area contributed by atoms with Crippen LogP contribution >= 0.6 is 0 Å². The number of para-hydroxylation sites is 1. The first-order chi connectivity index (χ1) is 10.5. The zero-order valence-corrected chi connectivity index (χ0v) is 13.6. The molecule has 0 spiro atoms. The van der Waals surface area contributed by atoms with Gasteiger partial charge < -0.3 is 4.90 Å². The number of anilines is 1. The molecule has 0 unspecified atom stereocenters. The highest BCUT2D eigenvalue weighted by molar-refractivity contribution is 7.89. The molecule has 6 nitrogen and oxygen atoms in total. The maximum Gasteiger partial charge on any atom is 0.246 e. The number of hydrogen-bond acceptors (Lipinski definition) is 4. The van der Waals surface area contributed by atoms with Crippen LogP contribution in [-0.4, -0.2) is 48.7 Å². The summed E-state index contributed by atoms with van der Waals surface area (Å²) in [6, 6.07) is 10.1. The fourth-order valence-corrected chi connectivity index (χ4v) is 4.30. The molecule has 1 aromatic heterocycles. The number of aromatic nitrogens is 2. The normalized spacial score (nSPS) is 16.9. The number of nitrogens with zero attached hydrogens (tertiary/aromatic N) is 4. The third kappa shape index (κ3) is 2.62. The van der Waals surface area contributed by atoms with Crippen LogP contribution in [0, 0.1) is 6.92 Å². The molecule has 1 saturated heterocycles. The number of rotatable bonds is 3. The monoisotopic (exact) mass is 320 g/mol. The third-order valence-electron chi connectivity index (χ3n) is 4.17. The van der Waals surface area contributed by atoms with Crippen LogP contribution in [-0.2, 0) is 17.1 Å². The third-order valence-corrected chi connectivity index (χ3v) is 6.17. The van der Waals surface area contributed by atoms with Gasteiger partial charge in [-0.15, -0.1) is 0 Å². The highest BCUT2D eigenvalue weighted by Crippen LogP contribution is 2.22. The van der Waals surface area contributed by atoms with Crippen LogP contribution in [0.1, 0.15) is 5.69 Å². The van der Waals surface area contributed by atoms with Crippen LogP contribution in [0.2, 0.25) is 0 Å². The Morgan fingerprint density at radius 3 is 2.23 bits per heavy atom. The van der Waals surface area contributed by atoms with Crippen LogP contribution in [0.4, 0.5) is 5.69 Å². The fraction of sp³-hybridized carbons (Fsp3) is 0.400. The summed E-state index contributed by atoms with van der Waals surface area (Å²) < 4.78 is 28.6. The predicted molar refractivity (Wildman–Crippen MR) is 85.4 cm³/mol. The van der Waals surface area contributed by atoms with Crippen molar-refractivity contribution in [1.82, 2.24) is 14.1 Å². The van der Waals surface area contributed by atoms with Gasteiger partial charge in [0, 0.05) is 38.9 Å². The Balaban J connectivity index is 1.75. The van der Waals surface area contributed by atoms with E-state index in [4.69, 9.17) is 0 Å². The lowest BCUT2D eigenvalue weighted by Gasteiger charge is -2.35. The van der Waals surface area contributed by atoms with E-state index in [-0.39, 0.29) is 0 Å². The first-order valence-corrected chi connectivity index (χ1v) is 8.73. The summed E-state index contributed by atoms with van der Waals surface area (Å²) in [5, 5.41) is 4.04. The number of benzene rings is 1. The summed E-state index contributed by atoms with van der Waals surface area (Å²) in [5.41, 5.74) is 1.81. The van der Waals surface area contributed by atoms with Gasteiger partial charge in [-0.05, 0) is 19.1 Å². The van der Waals surface area contributed by atoms with Crippen molar-refractivity contribution in [2.24, 2.45) is 7.05 Å². The highest BCUT2D eigenvalue weighted by Gasteiger charge is 2.31. The Morgan fingerprint density at radius 1 is 1.05 bits per heavy atom. The SMILES string of the molecule is Cc1c(S(=O)(=O)N2CCN(c3ccccc3)CC2)cnn1C. The Bertz CT molecular complexity index is 747. The molecular weight excluding hydrogens is 300 g/mol. The predicted octanol–water partition coefficient (Wildman–Crippen LogP) is 1.24. The van der Waals surface area contributed by atoms with E-state index in [1.54, 1.807) is 23.0 Å². The second-order valence-electron chi connectivity index (χ2n) is 5.44. The quantitative estimate of drug-likeness (QED) is 0.854. The molecule has 1 fully saturated rings. The summed E-state index contributed by atoms with van der Waals surface area (Å²) in [6.07, 6.45) is 1.44. The van der Waals surface area contributed by atoms with Gasteiger partial charge in [0.1, 0.15) is 4.90 Å². The van der Waals surface area contributed by atoms with E-state index in [9.17, 15) is 8.42 Å². The molecule has 118 valence electrons. The van der Waals surface area contributed by atoms with Gasteiger partial charge in [-0.2, -0.15) is 9.40 Å². The minimum absolute atomic E-state index is 0.308. The summed E-state index contributed by atoms with van der Waals surface area (Å²) in [5.74, 6) is 0. The Morgan fingerprint density at radius 2 is 1.68 bits per heavy atom. The Hall–Kier alpha value is -1.86. The highest BCUT2D eigenvalue weighted by atomic mass is 32.2. The maximum atomic E-state index is 12.7. The Labute approximate surface area is 131 Å². The van der Waals surface area contributed by atoms with Gasteiger partial charge in [0.05, 0.1) is 11.9 Å². The second kappa shape index (κ2) is 5.73. The van der Waals surface area contributed by atoms with Crippen LogP contribution < -0.4 is 4.90 Å². The molecule has 0 amide bonds. The summed E-state index contributed by atoms with van der Waals surface area (Å²) >= 11 is 0. The minimum atomic E-state index is -3.45. The van der Waals surface area contributed by atoms with Crippen molar-refractivity contribution >= 4 is 15.7 Å². The zero-order valence-electron chi connectivity index (χ0n) is 12.8. The molecule has 0 radical (unpaired) electrons. The summed E-state index contributed by atoms with van der Waals surface area (Å²) in [4.78, 5) is 2.52. The van der Waals surface area contributed by atoms with Gasteiger partial charge >= 0.3 is 0 Å². The van der Waals surface area contributed by atoms with E-state index < -0.39 is 10.0 Å². The average Bonchev–Trinajstić information content (AvgIpc) is 2.88.